The van der Waals surface area contributed by atoms with Crippen molar-refractivity contribution in [3.8, 4) is 11.5 Å². The van der Waals surface area contributed by atoms with Gasteiger partial charge in [0.2, 0.25) is 0 Å². The third-order valence-corrected chi connectivity index (χ3v) is 2.91. The van der Waals surface area contributed by atoms with Crippen molar-refractivity contribution in [3.05, 3.63) is 30.1 Å². The number of nitrogens with zero attached hydrogens (tertiary/aromatic N) is 4. The zero-order valence-electron chi connectivity index (χ0n) is 11.3. The Bertz CT molecular complexity index is 553. The molecular weight excluding hydrogens is 264 g/mol. The number of alkyl halides is 1. The van der Waals surface area contributed by atoms with Gasteiger partial charge in [-0.3, -0.25) is 4.68 Å². The summed E-state index contributed by atoms with van der Waals surface area (Å²) in [6.45, 7) is 6.90. The second-order valence-electron chi connectivity index (χ2n) is 4.46. The molecule has 0 spiro atoms. The normalized spacial score (nSPS) is 11.0. The van der Waals surface area contributed by atoms with Crippen LogP contribution in [0.15, 0.2) is 18.6 Å². The second kappa shape index (κ2) is 6.02. The molecule has 0 saturated carbocycles. The third-order valence-electron chi connectivity index (χ3n) is 2.65. The van der Waals surface area contributed by atoms with E-state index in [1.165, 1.54) is 0 Å². The van der Waals surface area contributed by atoms with Gasteiger partial charge >= 0.3 is 0 Å². The number of hydrogen-bond donors (Lipinski definition) is 0. The molecule has 0 aliphatic rings. The molecular formula is C13H17ClN4O. The van der Waals surface area contributed by atoms with Gasteiger partial charge in [0.25, 0.3) is 0 Å². The van der Waals surface area contributed by atoms with Gasteiger partial charge in [0.05, 0.1) is 24.5 Å². The Morgan fingerprint density at radius 3 is 2.74 bits per heavy atom. The van der Waals surface area contributed by atoms with E-state index in [-0.39, 0.29) is 5.92 Å². The van der Waals surface area contributed by atoms with Crippen LogP contribution in [0.4, 0.5) is 0 Å². The maximum Gasteiger partial charge on any atom is 0.168 e. The molecule has 6 heteroatoms. The van der Waals surface area contributed by atoms with Gasteiger partial charge in [0.15, 0.2) is 11.5 Å². The van der Waals surface area contributed by atoms with Gasteiger partial charge in [-0.05, 0) is 6.92 Å². The summed E-state index contributed by atoms with van der Waals surface area (Å²) in [4.78, 5) is 8.71. The molecule has 2 rings (SSSR count). The fourth-order valence-electron chi connectivity index (χ4n) is 1.58. The predicted molar refractivity (Wildman–Crippen MR) is 73.7 cm³/mol. The summed E-state index contributed by atoms with van der Waals surface area (Å²) in [5.74, 6) is 2.56. The van der Waals surface area contributed by atoms with Gasteiger partial charge in [0, 0.05) is 12.5 Å². The Balaban J connectivity index is 2.24. The highest BCUT2D eigenvalue weighted by Gasteiger charge is 2.11. The summed E-state index contributed by atoms with van der Waals surface area (Å²) >= 11 is 5.92. The predicted octanol–water partition coefficient (Wildman–Crippen LogP) is 3.35. The van der Waals surface area contributed by atoms with Gasteiger partial charge in [-0.25, -0.2) is 9.97 Å². The summed E-state index contributed by atoms with van der Waals surface area (Å²) in [5, 5.41) is 4.15. The molecule has 0 N–H and O–H groups in total. The van der Waals surface area contributed by atoms with Crippen LogP contribution in [0.1, 0.15) is 38.2 Å². The minimum absolute atomic E-state index is 0.263. The topological polar surface area (TPSA) is 52.8 Å². The number of rotatable bonds is 5. The molecule has 0 atom stereocenters. The quantitative estimate of drug-likeness (QED) is 0.788. The molecule has 19 heavy (non-hydrogen) atoms. The summed E-state index contributed by atoms with van der Waals surface area (Å²) in [6.07, 6.45) is 5.16. The van der Waals surface area contributed by atoms with Crippen LogP contribution in [0.3, 0.4) is 0 Å². The molecule has 5 nitrogen and oxygen atoms in total. The maximum atomic E-state index is 5.92. The molecule has 0 saturated heterocycles. The first-order chi connectivity index (χ1) is 9.13. The lowest BCUT2D eigenvalue weighted by molar-refractivity contribution is 0.468. The van der Waals surface area contributed by atoms with E-state index < -0.39 is 0 Å². The molecule has 0 radical (unpaired) electrons. The summed E-state index contributed by atoms with van der Waals surface area (Å²) in [7, 11) is 0. The minimum atomic E-state index is 0.263. The molecule has 2 heterocycles. The van der Waals surface area contributed by atoms with Crippen molar-refractivity contribution in [2.24, 2.45) is 0 Å². The van der Waals surface area contributed by atoms with Gasteiger partial charge in [-0.1, -0.05) is 13.8 Å². The van der Waals surface area contributed by atoms with E-state index in [0.29, 0.717) is 23.1 Å². The first-order valence-electron chi connectivity index (χ1n) is 6.26. The number of aromatic nitrogens is 4. The van der Waals surface area contributed by atoms with E-state index >= 15 is 0 Å². The van der Waals surface area contributed by atoms with Crippen molar-refractivity contribution in [1.29, 1.82) is 0 Å². The van der Waals surface area contributed by atoms with Crippen LogP contribution in [-0.2, 0) is 12.4 Å². The van der Waals surface area contributed by atoms with Crippen LogP contribution in [-0.4, -0.2) is 19.7 Å². The molecule has 102 valence electrons. The van der Waals surface area contributed by atoms with Crippen LogP contribution >= 0.6 is 11.6 Å². The fourth-order valence-corrected chi connectivity index (χ4v) is 1.77. The first-order valence-corrected chi connectivity index (χ1v) is 6.79. The van der Waals surface area contributed by atoms with Crippen molar-refractivity contribution in [1.82, 2.24) is 19.7 Å². The summed E-state index contributed by atoms with van der Waals surface area (Å²) in [6, 6.07) is 0. The van der Waals surface area contributed by atoms with Crippen molar-refractivity contribution >= 4 is 11.6 Å². The highest BCUT2D eigenvalue weighted by atomic mass is 35.5. The SMILES string of the molecule is CCn1cc(Oc2cnc(C(C)C)nc2CCl)cn1. The zero-order chi connectivity index (χ0) is 13.8. The molecule has 0 unspecified atom stereocenters. The average molecular weight is 281 g/mol. The minimum Gasteiger partial charge on any atom is -0.450 e. The van der Waals surface area contributed by atoms with E-state index in [0.717, 1.165) is 12.4 Å². The number of hydrogen-bond acceptors (Lipinski definition) is 4. The lowest BCUT2D eigenvalue weighted by atomic mass is 10.2. The Morgan fingerprint density at radius 2 is 2.16 bits per heavy atom. The van der Waals surface area contributed by atoms with E-state index in [4.69, 9.17) is 16.3 Å². The highest BCUT2D eigenvalue weighted by Crippen LogP contribution is 2.25. The van der Waals surface area contributed by atoms with E-state index in [1.54, 1.807) is 17.1 Å². The monoisotopic (exact) mass is 280 g/mol. The molecule has 0 aromatic carbocycles. The van der Waals surface area contributed by atoms with Gasteiger partial charge in [0.1, 0.15) is 11.5 Å². The number of halogens is 1. The summed E-state index contributed by atoms with van der Waals surface area (Å²) < 4.78 is 7.52. The Morgan fingerprint density at radius 1 is 1.37 bits per heavy atom. The molecule has 2 aromatic heterocycles. The van der Waals surface area contributed by atoms with Crippen molar-refractivity contribution < 1.29 is 4.74 Å². The van der Waals surface area contributed by atoms with E-state index in [1.807, 2.05) is 27.0 Å². The smallest absolute Gasteiger partial charge is 0.168 e. The Labute approximate surface area is 117 Å². The maximum absolute atomic E-state index is 5.92. The van der Waals surface area contributed by atoms with E-state index in [9.17, 15) is 0 Å². The van der Waals surface area contributed by atoms with E-state index in [2.05, 4.69) is 15.1 Å². The first kappa shape index (κ1) is 13.8. The molecule has 0 bridgehead atoms. The standard InChI is InChI=1S/C13H17ClN4O/c1-4-18-8-10(6-16-18)19-12-7-15-13(9(2)3)17-11(12)5-14/h6-9H,4-5H2,1-3H3. The number of ether oxygens (including phenoxy) is 1. The third kappa shape index (κ3) is 3.23. The molecule has 0 aliphatic heterocycles. The Hall–Kier alpha value is -1.62. The van der Waals surface area contributed by atoms with Crippen molar-refractivity contribution in [3.63, 3.8) is 0 Å². The molecule has 0 aliphatic carbocycles. The largest absolute Gasteiger partial charge is 0.450 e. The van der Waals surface area contributed by atoms with Crippen LogP contribution in [0.2, 0.25) is 0 Å². The lowest BCUT2D eigenvalue weighted by Gasteiger charge is -2.09. The van der Waals surface area contributed by atoms with Crippen LogP contribution in [0, 0.1) is 0 Å². The van der Waals surface area contributed by atoms with Gasteiger partial charge < -0.3 is 4.74 Å². The van der Waals surface area contributed by atoms with Crippen molar-refractivity contribution in [2.45, 2.75) is 39.1 Å². The fraction of sp³-hybridized carbons (Fsp3) is 0.462. The van der Waals surface area contributed by atoms with Crippen LogP contribution < -0.4 is 4.74 Å². The number of aryl methyl sites for hydroxylation is 1. The van der Waals surface area contributed by atoms with Gasteiger partial charge in [-0.15, -0.1) is 11.6 Å². The Kier molecular flexibility index (Phi) is 4.37. The molecule has 0 amide bonds. The van der Waals surface area contributed by atoms with Crippen LogP contribution in [0.5, 0.6) is 11.5 Å². The second-order valence-corrected chi connectivity index (χ2v) is 4.73. The van der Waals surface area contributed by atoms with Crippen molar-refractivity contribution in [2.75, 3.05) is 0 Å². The van der Waals surface area contributed by atoms with Gasteiger partial charge in [-0.2, -0.15) is 5.10 Å². The lowest BCUT2D eigenvalue weighted by Crippen LogP contribution is -2.02. The molecule has 0 fully saturated rings. The summed E-state index contributed by atoms with van der Waals surface area (Å²) in [5.41, 5.74) is 0.699. The average Bonchev–Trinajstić information content (AvgIpc) is 2.86. The zero-order valence-corrected chi connectivity index (χ0v) is 12.1. The molecule has 2 aromatic rings. The highest BCUT2D eigenvalue weighted by molar-refractivity contribution is 6.17. The van der Waals surface area contributed by atoms with Crippen LogP contribution in [0.25, 0.3) is 0 Å².